The van der Waals surface area contributed by atoms with Crippen LogP contribution in [-0.2, 0) is 4.79 Å². The van der Waals surface area contributed by atoms with E-state index in [1.165, 1.54) is 0 Å². The van der Waals surface area contributed by atoms with Crippen molar-refractivity contribution in [3.63, 3.8) is 0 Å². The lowest BCUT2D eigenvalue weighted by atomic mass is 9.92. The van der Waals surface area contributed by atoms with E-state index in [4.69, 9.17) is 10.8 Å². The molecular formula is C10H12N2O4. The molecule has 0 saturated heterocycles. The van der Waals surface area contributed by atoms with Crippen molar-refractivity contribution in [3.8, 4) is 0 Å². The maximum Gasteiger partial charge on any atom is 0.321 e. The lowest BCUT2D eigenvalue weighted by molar-refractivity contribution is -0.483. The predicted octanol–water partition coefficient (Wildman–Crippen LogP) is 0.459. The third-order valence-corrected chi connectivity index (χ3v) is 2.29. The molecule has 86 valence electrons. The molecule has 2 atom stereocenters. The van der Waals surface area contributed by atoms with Gasteiger partial charge >= 0.3 is 5.97 Å². The second kappa shape index (κ2) is 5.22. The molecule has 0 fully saturated rings. The molecule has 0 aliphatic heterocycles. The molecule has 0 amide bonds. The van der Waals surface area contributed by atoms with Crippen LogP contribution in [0.1, 0.15) is 11.5 Å². The summed E-state index contributed by atoms with van der Waals surface area (Å²) in [5, 5.41) is 19.2. The van der Waals surface area contributed by atoms with Crippen LogP contribution in [0.3, 0.4) is 0 Å². The van der Waals surface area contributed by atoms with Gasteiger partial charge in [0.05, 0.1) is 5.92 Å². The highest BCUT2D eigenvalue weighted by molar-refractivity contribution is 5.74. The first-order valence-electron chi connectivity index (χ1n) is 4.67. The Morgan fingerprint density at radius 2 is 2.00 bits per heavy atom. The number of carboxylic acid groups (broad SMARTS) is 1. The molecular weight excluding hydrogens is 212 g/mol. The highest BCUT2D eigenvalue weighted by atomic mass is 16.6. The van der Waals surface area contributed by atoms with Gasteiger partial charge in [0.15, 0.2) is 0 Å². The zero-order chi connectivity index (χ0) is 12.1. The number of rotatable bonds is 5. The molecule has 0 unspecified atom stereocenters. The highest BCUT2D eigenvalue weighted by Crippen LogP contribution is 2.18. The minimum atomic E-state index is -1.27. The molecule has 16 heavy (non-hydrogen) atoms. The van der Waals surface area contributed by atoms with Gasteiger partial charge in [-0.2, -0.15) is 0 Å². The summed E-state index contributed by atoms with van der Waals surface area (Å²) in [6.45, 7) is -0.489. The van der Waals surface area contributed by atoms with E-state index >= 15 is 0 Å². The molecule has 6 heteroatoms. The van der Waals surface area contributed by atoms with Crippen molar-refractivity contribution in [2.75, 3.05) is 6.54 Å². The van der Waals surface area contributed by atoms with Crippen LogP contribution in [0.15, 0.2) is 30.3 Å². The number of hydrogen-bond donors (Lipinski definition) is 2. The minimum absolute atomic E-state index is 0.489. The molecule has 0 radical (unpaired) electrons. The molecule has 0 aliphatic carbocycles. The van der Waals surface area contributed by atoms with Crippen LogP contribution in [0.2, 0.25) is 0 Å². The molecule has 1 aromatic rings. The minimum Gasteiger partial charge on any atom is -0.480 e. The molecule has 1 aromatic carbocycles. The van der Waals surface area contributed by atoms with Crippen molar-refractivity contribution in [1.82, 2.24) is 0 Å². The number of carboxylic acids is 1. The van der Waals surface area contributed by atoms with Gasteiger partial charge < -0.3 is 10.8 Å². The third kappa shape index (κ3) is 3.03. The molecule has 6 nitrogen and oxygen atoms in total. The van der Waals surface area contributed by atoms with Gasteiger partial charge in [-0.05, 0) is 5.56 Å². The monoisotopic (exact) mass is 224 g/mol. The van der Waals surface area contributed by atoms with Crippen molar-refractivity contribution in [1.29, 1.82) is 0 Å². The van der Waals surface area contributed by atoms with Gasteiger partial charge in [0, 0.05) is 4.92 Å². The molecule has 3 N–H and O–H groups in total. The maximum absolute atomic E-state index is 10.7. The lowest BCUT2D eigenvalue weighted by Crippen LogP contribution is -2.39. The summed E-state index contributed by atoms with van der Waals surface area (Å²) >= 11 is 0. The number of hydrogen-bond acceptors (Lipinski definition) is 4. The van der Waals surface area contributed by atoms with E-state index in [0.717, 1.165) is 0 Å². The molecule has 1 rings (SSSR count). The summed E-state index contributed by atoms with van der Waals surface area (Å²) in [5.41, 5.74) is 6.00. The van der Waals surface area contributed by atoms with Crippen LogP contribution in [0.4, 0.5) is 0 Å². The second-order valence-electron chi connectivity index (χ2n) is 3.40. The number of nitrogens with two attached hydrogens (primary N) is 1. The van der Waals surface area contributed by atoms with Gasteiger partial charge in [-0.1, -0.05) is 30.3 Å². The van der Waals surface area contributed by atoms with Gasteiger partial charge in [-0.25, -0.2) is 0 Å². The van der Waals surface area contributed by atoms with E-state index in [1.807, 2.05) is 0 Å². The summed E-state index contributed by atoms with van der Waals surface area (Å²) in [7, 11) is 0. The average Bonchev–Trinajstić information content (AvgIpc) is 2.26. The SMILES string of the molecule is N[C@H](C(=O)O)[C@H](C[N+](=O)[O-])c1ccccc1. The Kier molecular flexibility index (Phi) is 3.96. The van der Waals surface area contributed by atoms with E-state index in [9.17, 15) is 14.9 Å². The number of nitro groups is 1. The van der Waals surface area contributed by atoms with Crippen molar-refractivity contribution < 1.29 is 14.8 Å². The molecule has 0 spiro atoms. The Bertz CT molecular complexity index is 380. The Morgan fingerprint density at radius 1 is 1.44 bits per heavy atom. The van der Waals surface area contributed by atoms with Gasteiger partial charge in [0.2, 0.25) is 6.54 Å². The fourth-order valence-electron chi connectivity index (χ4n) is 1.46. The number of aliphatic carboxylic acids is 1. The fraction of sp³-hybridized carbons (Fsp3) is 0.300. The van der Waals surface area contributed by atoms with Crippen LogP contribution in [0.25, 0.3) is 0 Å². The standard InChI is InChI=1S/C10H12N2O4/c11-9(10(13)14)8(6-12(15)16)7-4-2-1-3-5-7/h1-5,8-9H,6,11H2,(H,13,14)/t8-,9+/m1/s1. The molecule has 0 bridgehead atoms. The average molecular weight is 224 g/mol. The first kappa shape index (κ1) is 12.1. The summed E-state index contributed by atoms with van der Waals surface area (Å²) in [6, 6.07) is 7.13. The van der Waals surface area contributed by atoms with Gasteiger partial charge in [0.25, 0.3) is 0 Å². The van der Waals surface area contributed by atoms with Crippen molar-refractivity contribution in [2.45, 2.75) is 12.0 Å². The Hall–Kier alpha value is -1.95. The second-order valence-corrected chi connectivity index (χ2v) is 3.40. The van der Waals surface area contributed by atoms with Crippen molar-refractivity contribution in [3.05, 3.63) is 46.0 Å². The predicted molar refractivity (Wildman–Crippen MR) is 56.7 cm³/mol. The van der Waals surface area contributed by atoms with Crippen molar-refractivity contribution >= 4 is 5.97 Å². The summed E-state index contributed by atoms with van der Waals surface area (Å²) < 4.78 is 0. The van der Waals surface area contributed by atoms with Gasteiger partial charge in [-0.3, -0.25) is 14.9 Å². The largest absolute Gasteiger partial charge is 0.480 e. The first-order chi connectivity index (χ1) is 7.52. The van der Waals surface area contributed by atoms with E-state index < -0.39 is 29.4 Å². The van der Waals surface area contributed by atoms with Crippen LogP contribution in [0.5, 0.6) is 0 Å². The first-order valence-corrected chi connectivity index (χ1v) is 4.67. The molecule has 0 heterocycles. The molecule has 0 aromatic heterocycles. The smallest absolute Gasteiger partial charge is 0.321 e. The van der Waals surface area contributed by atoms with E-state index in [0.29, 0.717) is 5.56 Å². The maximum atomic E-state index is 10.7. The lowest BCUT2D eigenvalue weighted by Gasteiger charge is -2.17. The summed E-state index contributed by atoms with van der Waals surface area (Å²) in [6.07, 6.45) is 0. The third-order valence-electron chi connectivity index (χ3n) is 2.29. The summed E-state index contributed by atoms with van der Waals surface area (Å²) in [5.74, 6) is -2.05. The molecule has 0 aliphatic rings. The van der Waals surface area contributed by atoms with Gasteiger partial charge in [-0.15, -0.1) is 0 Å². The van der Waals surface area contributed by atoms with Crippen molar-refractivity contribution in [2.24, 2.45) is 5.73 Å². The van der Waals surface area contributed by atoms with Crippen LogP contribution in [0, 0.1) is 10.1 Å². The molecule has 0 saturated carbocycles. The Labute approximate surface area is 91.8 Å². The summed E-state index contributed by atoms with van der Waals surface area (Å²) in [4.78, 5) is 20.7. The van der Waals surface area contributed by atoms with E-state index in [-0.39, 0.29) is 0 Å². The zero-order valence-corrected chi connectivity index (χ0v) is 8.45. The Morgan fingerprint density at radius 3 is 2.44 bits per heavy atom. The zero-order valence-electron chi connectivity index (χ0n) is 8.45. The number of carbonyl (C=O) groups is 1. The number of benzene rings is 1. The quantitative estimate of drug-likeness (QED) is 0.558. The Balaban J connectivity index is 2.96. The highest BCUT2D eigenvalue weighted by Gasteiger charge is 2.29. The van der Waals surface area contributed by atoms with E-state index in [2.05, 4.69) is 0 Å². The topological polar surface area (TPSA) is 106 Å². The normalized spacial score (nSPS) is 14.1. The van der Waals surface area contributed by atoms with Gasteiger partial charge in [0.1, 0.15) is 6.04 Å². The van der Waals surface area contributed by atoms with Crippen LogP contribution >= 0.6 is 0 Å². The number of nitrogens with zero attached hydrogens (tertiary/aromatic N) is 1. The van der Waals surface area contributed by atoms with Crippen LogP contribution < -0.4 is 5.73 Å². The van der Waals surface area contributed by atoms with E-state index in [1.54, 1.807) is 30.3 Å². The van der Waals surface area contributed by atoms with Crippen LogP contribution in [-0.4, -0.2) is 28.6 Å². The fourth-order valence-corrected chi connectivity index (χ4v) is 1.46.